The molecule has 31 heavy (non-hydrogen) atoms. The minimum atomic E-state index is -1.82. The van der Waals surface area contributed by atoms with Gasteiger partial charge in [0.25, 0.3) is 0 Å². The van der Waals surface area contributed by atoms with E-state index < -0.39 is 5.79 Å². The molecule has 2 heterocycles. The number of aromatic nitrogens is 8. The summed E-state index contributed by atoms with van der Waals surface area (Å²) in [6, 6.07) is 12.8. The molecule has 2 aromatic carbocycles. The van der Waals surface area contributed by atoms with Gasteiger partial charge in [-0.2, -0.15) is 9.36 Å². The summed E-state index contributed by atoms with van der Waals surface area (Å²) in [6.45, 7) is 0. The quantitative estimate of drug-likeness (QED) is 0.414. The highest BCUT2D eigenvalue weighted by atomic mass is 19.1. The number of benzene rings is 2. The summed E-state index contributed by atoms with van der Waals surface area (Å²) in [5.74, 6) is -0.958. The minimum Gasteiger partial charge on any atom is -0.497 e. The summed E-state index contributed by atoms with van der Waals surface area (Å²) in [7, 11) is 2.93. The van der Waals surface area contributed by atoms with E-state index in [-0.39, 0.29) is 24.5 Å². The average molecular weight is 426 g/mol. The predicted octanol–water partition coefficient (Wildman–Crippen LogP) is 1.21. The van der Waals surface area contributed by atoms with Gasteiger partial charge >= 0.3 is 0 Å². The van der Waals surface area contributed by atoms with Gasteiger partial charge in [0.05, 0.1) is 18.5 Å². The van der Waals surface area contributed by atoms with Crippen molar-refractivity contribution in [1.82, 2.24) is 40.4 Å². The fourth-order valence-corrected chi connectivity index (χ4v) is 3.06. The zero-order valence-electron chi connectivity index (χ0n) is 16.8. The molecule has 0 aliphatic carbocycles. The number of nitrogens with zero attached hydrogens (tertiary/aromatic N) is 8. The Bertz CT molecular complexity index is 1150. The van der Waals surface area contributed by atoms with E-state index in [1.165, 1.54) is 28.6 Å². The molecule has 1 atom stereocenters. The van der Waals surface area contributed by atoms with Gasteiger partial charge in [-0.05, 0) is 69.4 Å². The van der Waals surface area contributed by atoms with Gasteiger partial charge in [-0.15, -0.1) is 10.2 Å². The van der Waals surface area contributed by atoms with E-state index in [1.807, 2.05) is 0 Å². The maximum absolute atomic E-state index is 13.2. The van der Waals surface area contributed by atoms with Crippen LogP contribution in [0.3, 0.4) is 0 Å². The van der Waals surface area contributed by atoms with Crippen molar-refractivity contribution >= 4 is 0 Å². The van der Waals surface area contributed by atoms with Gasteiger partial charge in [-0.3, -0.25) is 0 Å². The van der Waals surface area contributed by atoms with Gasteiger partial charge in [0.15, 0.2) is 5.82 Å². The summed E-state index contributed by atoms with van der Waals surface area (Å²) in [4.78, 5) is 0. The maximum atomic E-state index is 13.2. The van der Waals surface area contributed by atoms with Crippen LogP contribution >= 0.6 is 0 Å². The van der Waals surface area contributed by atoms with Crippen molar-refractivity contribution in [2.24, 2.45) is 0 Å². The van der Waals surface area contributed by atoms with Crippen LogP contribution in [0.4, 0.5) is 4.39 Å². The Morgan fingerprint density at radius 1 is 0.903 bits per heavy atom. The molecule has 0 saturated carbocycles. The maximum Gasteiger partial charge on any atom is 0.230 e. The standard InChI is InChI=1S/C19H19FN8O3/c1-30-16-9-7-15(8-10-16)28-18(22-24-26-28)19(29,31-2)12-11-17-21-23-25-27(17)14-5-3-13(20)4-6-14/h3-10,29H,11-12H2,1-2H3. The van der Waals surface area contributed by atoms with Crippen molar-refractivity contribution in [2.75, 3.05) is 14.2 Å². The van der Waals surface area contributed by atoms with Crippen LogP contribution in [0.5, 0.6) is 5.75 Å². The Balaban J connectivity index is 1.58. The van der Waals surface area contributed by atoms with Crippen molar-refractivity contribution < 1.29 is 19.0 Å². The van der Waals surface area contributed by atoms with Gasteiger partial charge in [-0.25, -0.2) is 4.39 Å². The third-order valence-corrected chi connectivity index (χ3v) is 4.77. The largest absolute Gasteiger partial charge is 0.497 e. The van der Waals surface area contributed by atoms with Crippen LogP contribution < -0.4 is 4.74 Å². The van der Waals surface area contributed by atoms with Gasteiger partial charge < -0.3 is 14.6 Å². The second kappa shape index (κ2) is 8.53. The second-order valence-corrected chi connectivity index (χ2v) is 6.58. The lowest BCUT2D eigenvalue weighted by Gasteiger charge is -2.24. The van der Waals surface area contributed by atoms with Crippen molar-refractivity contribution in [1.29, 1.82) is 0 Å². The SMILES string of the molecule is COc1ccc(-n2nnnc2C(O)(CCc2nnnn2-c2ccc(F)cc2)OC)cc1. The fourth-order valence-electron chi connectivity index (χ4n) is 3.06. The molecule has 12 heteroatoms. The van der Waals surface area contributed by atoms with Crippen LogP contribution in [0.25, 0.3) is 11.4 Å². The fraction of sp³-hybridized carbons (Fsp3) is 0.263. The molecule has 160 valence electrons. The lowest BCUT2D eigenvalue weighted by molar-refractivity contribution is -0.205. The summed E-state index contributed by atoms with van der Waals surface area (Å²) >= 11 is 0. The molecule has 0 fully saturated rings. The van der Waals surface area contributed by atoms with E-state index >= 15 is 0 Å². The second-order valence-electron chi connectivity index (χ2n) is 6.58. The van der Waals surface area contributed by atoms with Gasteiger partial charge in [-0.1, -0.05) is 0 Å². The Hall–Kier alpha value is -3.77. The van der Waals surface area contributed by atoms with Crippen LogP contribution in [0.1, 0.15) is 18.1 Å². The van der Waals surface area contributed by atoms with Crippen LogP contribution in [-0.4, -0.2) is 59.7 Å². The third-order valence-electron chi connectivity index (χ3n) is 4.77. The van der Waals surface area contributed by atoms with Gasteiger partial charge in [0.1, 0.15) is 11.6 Å². The van der Waals surface area contributed by atoms with Gasteiger partial charge in [0.2, 0.25) is 11.6 Å². The van der Waals surface area contributed by atoms with Crippen molar-refractivity contribution in [3.63, 3.8) is 0 Å². The van der Waals surface area contributed by atoms with E-state index in [0.29, 0.717) is 22.9 Å². The number of hydrogen-bond acceptors (Lipinski definition) is 9. The van der Waals surface area contributed by atoms with Crippen molar-refractivity contribution in [3.05, 3.63) is 66.0 Å². The van der Waals surface area contributed by atoms with E-state index in [9.17, 15) is 9.50 Å². The van der Waals surface area contributed by atoms with Crippen LogP contribution in [0.2, 0.25) is 0 Å². The molecule has 4 aromatic rings. The first-order chi connectivity index (χ1) is 15.0. The zero-order valence-corrected chi connectivity index (χ0v) is 16.8. The van der Waals surface area contributed by atoms with Crippen LogP contribution in [-0.2, 0) is 16.9 Å². The highest BCUT2D eigenvalue weighted by Crippen LogP contribution is 2.27. The molecular weight excluding hydrogens is 407 g/mol. The molecule has 2 aromatic heterocycles. The molecule has 4 rings (SSSR count). The predicted molar refractivity (Wildman–Crippen MR) is 104 cm³/mol. The first-order valence-electron chi connectivity index (χ1n) is 9.28. The molecule has 1 unspecified atom stereocenters. The van der Waals surface area contributed by atoms with Crippen LogP contribution in [0, 0.1) is 5.82 Å². The molecule has 0 aliphatic rings. The molecule has 1 N–H and O–H groups in total. The normalized spacial score (nSPS) is 13.2. The third kappa shape index (κ3) is 4.11. The molecule has 0 saturated heterocycles. The first-order valence-corrected chi connectivity index (χ1v) is 9.28. The monoisotopic (exact) mass is 426 g/mol. The number of aliphatic hydroxyl groups is 1. The molecule has 0 radical (unpaired) electrons. The lowest BCUT2D eigenvalue weighted by Crippen LogP contribution is -2.33. The molecule has 0 amide bonds. The average Bonchev–Trinajstić information content (AvgIpc) is 3.48. The summed E-state index contributed by atoms with van der Waals surface area (Å²) in [5, 5.41) is 34.4. The Morgan fingerprint density at radius 3 is 2.19 bits per heavy atom. The number of hydrogen-bond donors (Lipinski definition) is 1. The van der Waals surface area contributed by atoms with E-state index in [2.05, 4.69) is 31.1 Å². The van der Waals surface area contributed by atoms with E-state index in [0.717, 1.165) is 0 Å². The van der Waals surface area contributed by atoms with Crippen molar-refractivity contribution in [3.8, 4) is 17.1 Å². The molecule has 0 spiro atoms. The smallest absolute Gasteiger partial charge is 0.230 e. The van der Waals surface area contributed by atoms with Crippen molar-refractivity contribution in [2.45, 2.75) is 18.6 Å². The Kier molecular flexibility index (Phi) is 5.64. The minimum absolute atomic E-state index is 0.0571. The Morgan fingerprint density at radius 2 is 1.52 bits per heavy atom. The first kappa shape index (κ1) is 20.5. The highest BCUT2D eigenvalue weighted by Gasteiger charge is 2.36. The number of methoxy groups -OCH3 is 2. The Labute approximate surface area is 176 Å². The van der Waals surface area contributed by atoms with Crippen LogP contribution in [0.15, 0.2) is 48.5 Å². The molecule has 0 aliphatic heterocycles. The topological polar surface area (TPSA) is 126 Å². The number of ether oxygens (including phenoxy) is 2. The number of tetrazole rings is 2. The summed E-state index contributed by atoms with van der Waals surface area (Å²) in [5.41, 5.74) is 1.21. The molecular formula is C19H19FN8O3. The summed E-state index contributed by atoms with van der Waals surface area (Å²) in [6.07, 6.45) is 0.284. The lowest BCUT2D eigenvalue weighted by atomic mass is 10.1. The number of halogens is 1. The van der Waals surface area contributed by atoms with E-state index in [4.69, 9.17) is 9.47 Å². The highest BCUT2D eigenvalue weighted by molar-refractivity contribution is 5.37. The van der Waals surface area contributed by atoms with E-state index in [1.54, 1.807) is 43.5 Å². The van der Waals surface area contributed by atoms with Gasteiger partial charge in [0, 0.05) is 20.0 Å². The molecule has 0 bridgehead atoms. The summed E-state index contributed by atoms with van der Waals surface area (Å²) < 4.78 is 26.6. The number of aryl methyl sites for hydroxylation is 1. The molecule has 11 nitrogen and oxygen atoms in total. The number of rotatable bonds is 8. The zero-order chi connectivity index (χ0) is 21.8.